The van der Waals surface area contributed by atoms with Gasteiger partial charge in [-0.3, -0.25) is 0 Å². The number of anilines is 1. The molecule has 0 saturated carbocycles. The molecule has 0 amide bonds. The van der Waals surface area contributed by atoms with E-state index in [9.17, 15) is 0 Å². The lowest BCUT2D eigenvalue weighted by Crippen LogP contribution is -2.26. The molecule has 1 aliphatic rings. The molecule has 1 atom stereocenters. The second-order valence-corrected chi connectivity index (χ2v) is 6.73. The topological polar surface area (TPSA) is 29.3 Å². The Hall–Kier alpha value is -0.540. The molecule has 0 bridgehead atoms. The molecule has 0 spiro atoms. The third kappa shape index (κ3) is 2.97. The van der Waals surface area contributed by atoms with Crippen LogP contribution in [0.2, 0.25) is 0 Å². The minimum atomic E-state index is 0.0763. The second kappa shape index (κ2) is 5.84. The quantitative estimate of drug-likeness (QED) is 0.884. The molecule has 0 aliphatic carbocycles. The summed E-state index contributed by atoms with van der Waals surface area (Å²) >= 11 is 3.65. The third-order valence-electron chi connectivity index (χ3n) is 4.78. The van der Waals surface area contributed by atoms with Crippen molar-refractivity contribution in [1.82, 2.24) is 0 Å². The summed E-state index contributed by atoms with van der Waals surface area (Å²) in [5, 5.41) is 0. The lowest BCUT2D eigenvalue weighted by atomic mass is 9.82. The van der Waals surface area contributed by atoms with Crippen molar-refractivity contribution >= 4 is 21.6 Å². The molecule has 1 heterocycles. The minimum Gasteiger partial charge on any atom is -0.371 e. The first kappa shape index (κ1) is 14.9. The smallest absolute Gasteiger partial charge is 0.0377 e. The van der Waals surface area contributed by atoms with Crippen LogP contribution in [0.4, 0.5) is 5.69 Å². The molecule has 1 saturated heterocycles. The second-order valence-electron chi connectivity index (χ2n) is 5.87. The molecule has 0 aromatic heterocycles. The highest BCUT2D eigenvalue weighted by molar-refractivity contribution is 9.10. The van der Waals surface area contributed by atoms with Gasteiger partial charge in [0, 0.05) is 29.3 Å². The number of halogens is 1. The molecule has 1 fully saturated rings. The maximum atomic E-state index is 5.96. The van der Waals surface area contributed by atoms with Crippen LogP contribution in [-0.2, 0) is 0 Å². The summed E-state index contributed by atoms with van der Waals surface area (Å²) in [6, 6.07) is 6.67. The molecule has 2 nitrogen and oxygen atoms in total. The van der Waals surface area contributed by atoms with E-state index in [2.05, 4.69) is 52.9 Å². The largest absolute Gasteiger partial charge is 0.371 e. The molecule has 0 radical (unpaired) electrons. The molecular weight excluding hydrogens is 300 g/mol. The van der Waals surface area contributed by atoms with Crippen molar-refractivity contribution < 1.29 is 0 Å². The van der Waals surface area contributed by atoms with Gasteiger partial charge in [-0.25, -0.2) is 0 Å². The predicted octanol–water partition coefficient (Wildman–Crippen LogP) is 4.49. The van der Waals surface area contributed by atoms with E-state index in [1.165, 1.54) is 43.6 Å². The van der Waals surface area contributed by atoms with E-state index < -0.39 is 0 Å². The standard InChI is InChI=1S/C16H25BrN2/c1-4-16(5-2)8-9-19(11-16)13-6-7-14(12(3)18)15(17)10-13/h6-7,10,12H,4-5,8-9,11,18H2,1-3H3/t12-/m1/s1. The molecule has 1 aromatic rings. The highest BCUT2D eigenvalue weighted by Crippen LogP contribution is 2.40. The van der Waals surface area contributed by atoms with Crippen molar-refractivity contribution in [2.75, 3.05) is 18.0 Å². The van der Waals surface area contributed by atoms with Gasteiger partial charge < -0.3 is 10.6 Å². The Morgan fingerprint density at radius 2 is 2.05 bits per heavy atom. The maximum absolute atomic E-state index is 5.96. The normalized spacial score (nSPS) is 19.7. The zero-order valence-corrected chi connectivity index (χ0v) is 13.8. The van der Waals surface area contributed by atoms with Crippen molar-refractivity contribution in [3.63, 3.8) is 0 Å². The van der Waals surface area contributed by atoms with Gasteiger partial charge in [-0.1, -0.05) is 35.8 Å². The Kier molecular flexibility index (Phi) is 4.57. The number of rotatable bonds is 4. The van der Waals surface area contributed by atoms with Crippen molar-refractivity contribution in [2.24, 2.45) is 11.1 Å². The molecule has 1 aliphatic heterocycles. The van der Waals surface area contributed by atoms with Gasteiger partial charge >= 0.3 is 0 Å². The van der Waals surface area contributed by atoms with Gasteiger partial charge in [0.05, 0.1) is 0 Å². The van der Waals surface area contributed by atoms with E-state index >= 15 is 0 Å². The van der Waals surface area contributed by atoms with Gasteiger partial charge in [0.25, 0.3) is 0 Å². The average molecular weight is 325 g/mol. The molecule has 106 valence electrons. The van der Waals surface area contributed by atoms with Crippen LogP contribution in [0.25, 0.3) is 0 Å². The van der Waals surface area contributed by atoms with Crippen LogP contribution in [0.1, 0.15) is 51.6 Å². The van der Waals surface area contributed by atoms with Gasteiger partial charge in [-0.15, -0.1) is 0 Å². The molecule has 1 aromatic carbocycles. The summed E-state index contributed by atoms with van der Waals surface area (Å²) < 4.78 is 1.13. The molecule has 3 heteroatoms. The minimum absolute atomic E-state index is 0.0763. The number of hydrogen-bond donors (Lipinski definition) is 1. The highest BCUT2D eigenvalue weighted by Gasteiger charge is 2.35. The first-order chi connectivity index (χ1) is 9.01. The fourth-order valence-corrected chi connectivity index (χ4v) is 3.79. The Labute approximate surface area is 125 Å². The molecule has 0 unspecified atom stereocenters. The lowest BCUT2D eigenvalue weighted by molar-refractivity contribution is 0.301. The summed E-state index contributed by atoms with van der Waals surface area (Å²) in [6.45, 7) is 9.02. The molecule has 2 N–H and O–H groups in total. The van der Waals surface area contributed by atoms with Crippen LogP contribution in [0, 0.1) is 5.41 Å². The van der Waals surface area contributed by atoms with Crippen LogP contribution < -0.4 is 10.6 Å². The molecule has 19 heavy (non-hydrogen) atoms. The Bertz CT molecular complexity index is 438. The van der Waals surface area contributed by atoms with E-state index in [-0.39, 0.29) is 6.04 Å². The summed E-state index contributed by atoms with van der Waals surface area (Å²) in [5.74, 6) is 0. The van der Waals surface area contributed by atoms with E-state index in [0.717, 1.165) is 4.47 Å². The number of hydrogen-bond acceptors (Lipinski definition) is 2. The number of benzene rings is 1. The fraction of sp³-hybridized carbons (Fsp3) is 0.625. The number of nitrogens with two attached hydrogens (primary N) is 1. The Morgan fingerprint density at radius 1 is 1.37 bits per heavy atom. The predicted molar refractivity (Wildman–Crippen MR) is 86.6 cm³/mol. The van der Waals surface area contributed by atoms with Gasteiger partial charge in [-0.2, -0.15) is 0 Å². The van der Waals surface area contributed by atoms with E-state index in [1.807, 2.05) is 6.92 Å². The van der Waals surface area contributed by atoms with Gasteiger partial charge in [-0.05, 0) is 49.3 Å². The first-order valence-corrected chi connectivity index (χ1v) is 8.10. The molecule has 2 rings (SSSR count). The summed E-state index contributed by atoms with van der Waals surface area (Å²) in [7, 11) is 0. The van der Waals surface area contributed by atoms with Crippen LogP contribution >= 0.6 is 15.9 Å². The van der Waals surface area contributed by atoms with E-state index in [1.54, 1.807) is 0 Å². The van der Waals surface area contributed by atoms with Crippen LogP contribution in [-0.4, -0.2) is 13.1 Å². The van der Waals surface area contributed by atoms with Gasteiger partial charge in [0.2, 0.25) is 0 Å². The van der Waals surface area contributed by atoms with Gasteiger partial charge in [0.1, 0.15) is 0 Å². The molecular formula is C16H25BrN2. The van der Waals surface area contributed by atoms with Crippen LogP contribution in [0.3, 0.4) is 0 Å². The van der Waals surface area contributed by atoms with E-state index in [0.29, 0.717) is 5.41 Å². The zero-order chi connectivity index (χ0) is 14.0. The maximum Gasteiger partial charge on any atom is 0.0377 e. The summed E-state index contributed by atoms with van der Waals surface area (Å²) in [5.41, 5.74) is 8.98. The van der Waals surface area contributed by atoms with Crippen molar-refractivity contribution in [1.29, 1.82) is 0 Å². The van der Waals surface area contributed by atoms with Gasteiger partial charge in [0.15, 0.2) is 0 Å². The fourth-order valence-electron chi connectivity index (χ4n) is 3.06. The monoisotopic (exact) mass is 324 g/mol. The average Bonchev–Trinajstić information content (AvgIpc) is 2.83. The van der Waals surface area contributed by atoms with Crippen LogP contribution in [0.5, 0.6) is 0 Å². The summed E-state index contributed by atoms with van der Waals surface area (Å²) in [6.07, 6.45) is 3.87. The van der Waals surface area contributed by atoms with Crippen molar-refractivity contribution in [2.45, 2.75) is 46.1 Å². The number of nitrogens with zero attached hydrogens (tertiary/aromatic N) is 1. The first-order valence-electron chi connectivity index (χ1n) is 7.31. The highest BCUT2D eigenvalue weighted by atomic mass is 79.9. The summed E-state index contributed by atoms with van der Waals surface area (Å²) in [4.78, 5) is 2.52. The SMILES string of the molecule is CCC1(CC)CCN(c2ccc([C@@H](C)N)c(Br)c2)C1. The Balaban J connectivity index is 2.18. The van der Waals surface area contributed by atoms with Crippen molar-refractivity contribution in [3.05, 3.63) is 28.2 Å². The Morgan fingerprint density at radius 3 is 2.53 bits per heavy atom. The lowest BCUT2D eigenvalue weighted by Gasteiger charge is -2.27. The van der Waals surface area contributed by atoms with Crippen LogP contribution in [0.15, 0.2) is 22.7 Å². The zero-order valence-electron chi connectivity index (χ0n) is 12.2. The third-order valence-corrected chi connectivity index (χ3v) is 5.46. The van der Waals surface area contributed by atoms with Crippen molar-refractivity contribution in [3.8, 4) is 0 Å². The van der Waals surface area contributed by atoms with E-state index in [4.69, 9.17) is 5.73 Å².